The number of likely N-dealkylation sites (N-methyl/N-ethyl adjacent to an activating group) is 1. The third kappa shape index (κ3) is 2.35. The first-order valence-corrected chi connectivity index (χ1v) is 7.61. The molecule has 0 atom stereocenters. The molecular formula is C16H15N3O2S. The molecule has 0 unspecified atom stereocenters. The molecule has 0 spiro atoms. The Balaban J connectivity index is 2.05. The maximum absolute atomic E-state index is 12.0. The lowest BCUT2D eigenvalue weighted by molar-refractivity contribution is -0.121. The second kappa shape index (κ2) is 5.46. The third-order valence-electron chi connectivity index (χ3n) is 3.65. The summed E-state index contributed by atoms with van der Waals surface area (Å²) in [6.45, 7) is 3.99. The lowest BCUT2D eigenvalue weighted by Gasteiger charge is -2.08. The van der Waals surface area contributed by atoms with E-state index in [0.717, 1.165) is 39.3 Å². The Kier molecular flexibility index (Phi) is 3.62. The Morgan fingerprint density at radius 1 is 1.27 bits per heavy atom. The van der Waals surface area contributed by atoms with E-state index in [1.165, 1.54) is 7.05 Å². The molecule has 0 aliphatic carbocycles. The van der Waals surface area contributed by atoms with E-state index < -0.39 is 0 Å². The summed E-state index contributed by atoms with van der Waals surface area (Å²) in [5.74, 6) is -0.249. The molecule has 2 aromatic heterocycles. The van der Waals surface area contributed by atoms with E-state index >= 15 is 0 Å². The molecule has 1 aliphatic heterocycles. The number of nitrogens with zero attached hydrogens (tertiary/aromatic N) is 3. The fourth-order valence-corrected chi connectivity index (χ4v) is 3.32. The summed E-state index contributed by atoms with van der Waals surface area (Å²) >= 11 is 0.973. The summed E-state index contributed by atoms with van der Waals surface area (Å²) in [6, 6.07) is 5.87. The smallest absolute Gasteiger partial charge is 0.293 e. The van der Waals surface area contributed by atoms with E-state index in [1.54, 1.807) is 18.5 Å². The highest BCUT2D eigenvalue weighted by molar-refractivity contribution is 8.18. The van der Waals surface area contributed by atoms with Crippen LogP contribution in [0.4, 0.5) is 4.79 Å². The first kappa shape index (κ1) is 14.6. The minimum absolute atomic E-state index is 0.239. The van der Waals surface area contributed by atoms with E-state index in [4.69, 9.17) is 0 Å². The second-order valence-corrected chi connectivity index (χ2v) is 6.11. The van der Waals surface area contributed by atoms with Crippen molar-refractivity contribution >= 4 is 29.0 Å². The highest BCUT2D eigenvalue weighted by atomic mass is 32.2. The molecule has 2 aromatic rings. The van der Waals surface area contributed by atoms with Gasteiger partial charge in [-0.25, -0.2) is 0 Å². The molecular weight excluding hydrogens is 298 g/mol. The SMILES string of the molecule is Cc1cc(/C=C2/SC(=O)N(C)C2=O)c(C)n1-c1cccnc1. The van der Waals surface area contributed by atoms with Crippen LogP contribution in [-0.4, -0.2) is 32.6 Å². The predicted octanol–water partition coefficient (Wildman–Crippen LogP) is 3.16. The quantitative estimate of drug-likeness (QED) is 0.799. The Morgan fingerprint density at radius 3 is 2.64 bits per heavy atom. The molecule has 22 heavy (non-hydrogen) atoms. The van der Waals surface area contributed by atoms with E-state index in [2.05, 4.69) is 9.55 Å². The summed E-state index contributed by atoms with van der Waals surface area (Å²) in [6.07, 6.45) is 5.31. The fraction of sp³-hybridized carbons (Fsp3) is 0.188. The van der Waals surface area contributed by atoms with E-state index in [9.17, 15) is 9.59 Å². The van der Waals surface area contributed by atoms with Crippen molar-refractivity contribution in [3.05, 3.63) is 52.4 Å². The van der Waals surface area contributed by atoms with Gasteiger partial charge in [-0.05, 0) is 55.4 Å². The molecule has 0 aromatic carbocycles. The average molecular weight is 313 g/mol. The molecule has 0 N–H and O–H groups in total. The molecule has 5 nitrogen and oxygen atoms in total. The van der Waals surface area contributed by atoms with Gasteiger partial charge >= 0.3 is 0 Å². The van der Waals surface area contributed by atoms with Crippen molar-refractivity contribution in [2.24, 2.45) is 0 Å². The van der Waals surface area contributed by atoms with Gasteiger partial charge in [0.25, 0.3) is 11.1 Å². The number of carbonyl (C=O) groups is 2. The number of rotatable bonds is 2. The van der Waals surface area contributed by atoms with Crippen LogP contribution in [0.25, 0.3) is 11.8 Å². The standard InChI is InChI=1S/C16H15N3O2S/c1-10-7-12(8-14-15(20)18(3)16(21)22-14)11(2)19(10)13-5-4-6-17-9-13/h4-9H,1-3H3/b14-8+. The lowest BCUT2D eigenvalue weighted by atomic mass is 10.2. The minimum atomic E-state index is -0.249. The topological polar surface area (TPSA) is 55.2 Å². The van der Waals surface area contributed by atoms with Crippen LogP contribution in [0.3, 0.4) is 0 Å². The van der Waals surface area contributed by atoms with Gasteiger partial charge in [-0.15, -0.1) is 0 Å². The Labute approximate surface area is 132 Å². The molecule has 1 aliphatic rings. The zero-order chi connectivity index (χ0) is 15.9. The molecule has 0 radical (unpaired) electrons. The van der Waals surface area contributed by atoms with Crippen molar-refractivity contribution in [1.82, 2.24) is 14.5 Å². The van der Waals surface area contributed by atoms with Crippen LogP contribution >= 0.6 is 11.8 Å². The van der Waals surface area contributed by atoms with Gasteiger partial charge in [0.05, 0.1) is 16.8 Å². The molecule has 0 saturated carbocycles. The van der Waals surface area contributed by atoms with Crippen molar-refractivity contribution in [2.45, 2.75) is 13.8 Å². The van der Waals surface area contributed by atoms with Gasteiger partial charge in [0, 0.05) is 24.6 Å². The molecule has 3 heterocycles. The highest BCUT2D eigenvalue weighted by Gasteiger charge is 2.32. The largest absolute Gasteiger partial charge is 0.316 e. The van der Waals surface area contributed by atoms with Crippen LogP contribution in [0.15, 0.2) is 35.5 Å². The van der Waals surface area contributed by atoms with Crippen LogP contribution in [0.1, 0.15) is 17.0 Å². The summed E-state index contributed by atoms with van der Waals surface area (Å²) in [5, 5.41) is -0.239. The number of thioether (sulfide) groups is 1. The van der Waals surface area contributed by atoms with Gasteiger partial charge in [-0.3, -0.25) is 19.5 Å². The maximum atomic E-state index is 12.0. The van der Waals surface area contributed by atoms with Gasteiger partial charge in [0.2, 0.25) is 0 Å². The first-order chi connectivity index (χ1) is 10.5. The summed E-state index contributed by atoms with van der Waals surface area (Å²) in [4.78, 5) is 29.3. The van der Waals surface area contributed by atoms with E-state index in [-0.39, 0.29) is 11.1 Å². The average Bonchev–Trinajstić information content (AvgIpc) is 2.92. The van der Waals surface area contributed by atoms with Crippen molar-refractivity contribution in [1.29, 1.82) is 0 Å². The Morgan fingerprint density at radius 2 is 2.05 bits per heavy atom. The van der Waals surface area contributed by atoms with Crippen LogP contribution < -0.4 is 0 Å². The van der Waals surface area contributed by atoms with Gasteiger partial charge in [0.15, 0.2) is 0 Å². The van der Waals surface area contributed by atoms with Crippen LogP contribution in [0.2, 0.25) is 0 Å². The van der Waals surface area contributed by atoms with Crippen molar-refractivity contribution in [2.75, 3.05) is 7.05 Å². The molecule has 3 rings (SSSR count). The number of hydrogen-bond donors (Lipinski definition) is 0. The fourth-order valence-electron chi connectivity index (χ4n) is 2.50. The second-order valence-electron chi connectivity index (χ2n) is 5.11. The molecule has 0 bridgehead atoms. The zero-order valence-corrected chi connectivity index (χ0v) is 13.3. The minimum Gasteiger partial charge on any atom is -0.316 e. The summed E-state index contributed by atoms with van der Waals surface area (Å²) < 4.78 is 2.08. The Hall–Kier alpha value is -2.34. The summed E-state index contributed by atoms with van der Waals surface area (Å²) in [7, 11) is 1.50. The van der Waals surface area contributed by atoms with Crippen LogP contribution in [0.5, 0.6) is 0 Å². The molecule has 1 saturated heterocycles. The molecule has 1 fully saturated rings. The predicted molar refractivity (Wildman–Crippen MR) is 86.8 cm³/mol. The number of aryl methyl sites for hydroxylation is 1. The maximum Gasteiger partial charge on any atom is 0.293 e. The third-order valence-corrected chi connectivity index (χ3v) is 4.61. The summed E-state index contributed by atoms with van der Waals surface area (Å²) in [5.41, 5.74) is 3.96. The first-order valence-electron chi connectivity index (χ1n) is 6.80. The zero-order valence-electron chi connectivity index (χ0n) is 12.5. The number of amides is 2. The number of pyridine rings is 1. The van der Waals surface area contributed by atoms with Gasteiger partial charge < -0.3 is 4.57 Å². The van der Waals surface area contributed by atoms with Crippen LogP contribution in [0, 0.1) is 13.8 Å². The van der Waals surface area contributed by atoms with E-state index in [1.807, 2.05) is 32.0 Å². The van der Waals surface area contributed by atoms with Gasteiger partial charge in [-0.2, -0.15) is 0 Å². The monoisotopic (exact) mass is 313 g/mol. The number of imide groups is 1. The molecule has 6 heteroatoms. The molecule has 112 valence electrons. The van der Waals surface area contributed by atoms with Crippen LogP contribution in [-0.2, 0) is 4.79 Å². The number of hydrogen-bond acceptors (Lipinski definition) is 4. The normalized spacial score (nSPS) is 16.9. The highest BCUT2D eigenvalue weighted by Crippen LogP contribution is 2.32. The van der Waals surface area contributed by atoms with Crippen molar-refractivity contribution in [3.8, 4) is 5.69 Å². The van der Waals surface area contributed by atoms with Crippen molar-refractivity contribution in [3.63, 3.8) is 0 Å². The molecule has 2 amide bonds. The number of aromatic nitrogens is 2. The van der Waals surface area contributed by atoms with Gasteiger partial charge in [0.1, 0.15) is 0 Å². The van der Waals surface area contributed by atoms with Crippen molar-refractivity contribution < 1.29 is 9.59 Å². The van der Waals surface area contributed by atoms with E-state index in [0.29, 0.717) is 4.91 Å². The lowest BCUT2D eigenvalue weighted by Crippen LogP contribution is -2.22. The Bertz CT molecular complexity index is 793. The van der Waals surface area contributed by atoms with Gasteiger partial charge in [-0.1, -0.05) is 0 Å². The number of carbonyl (C=O) groups excluding carboxylic acids is 2.